The lowest BCUT2D eigenvalue weighted by atomic mass is 10.3. The van der Waals surface area contributed by atoms with E-state index in [9.17, 15) is 0 Å². The van der Waals surface area contributed by atoms with Crippen LogP contribution in [0, 0.1) is 6.92 Å². The Labute approximate surface area is 100 Å². The molecule has 0 spiro atoms. The second-order valence-electron chi connectivity index (χ2n) is 3.94. The Balaban J connectivity index is 1.59. The Bertz CT molecular complexity index is 406. The minimum atomic E-state index is 0.974. The van der Waals surface area contributed by atoms with Gasteiger partial charge in [0.15, 0.2) is 0 Å². The molecule has 0 saturated carbocycles. The highest BCUT2D eigenvalue weighted by atomic mass is 32.1. The Hall–Kier alpha value is -1.13. The lowest BCUT2D eigenvalue weighted by Gasteiger charge is -2.03. The molecular weight excluding hydrogens is 218 g/mol. The number of aryl methyl sites for hydroxylation is 2. The van der Waals surface area contributed by atoms with Crippen molar-refractivity contribution in [2.75, 3.05) is 6.54 Å². The van der Waals surface area contributed by atoms with E-state index in [4.69, 9.17) is 0 Å². The summed E-state index contributed by atoms with van der Waals surface area (Å²) in [7, 11) is 0. The van der Waals surface area contributed by atoms with Crippen LogP contribution in [-0.2, 0) is 13.1 Å². The van der Waals surface area contributed by atoms with Gasteiger partial charge in [0.05, 0.1) is 6.20 Å². The lowest BCUT2D eigenvalue weighted by molar-refractivity contribution is 0.543. The fourth-order valence-electron chi connectivity index (χ4n) is 1.58. The van der Waals surface area contributed by atoms with Crippen LogP contribution in [0.2, 0.25) is 0 Å². The Morgan fingerprint density at radius 3 is 3.12 bits per heavy atom. The van der Waals surface area contributed by atoms with Crippen LogP contribution in [-0.4, -0.2) is 16.3 Å². The molecule has 0 aliphatic rings. The van der Waals surface area contributed by atoms with Crippen molar-refractivity contribution >= 4 is 11.3 Å². The van der Waals surface area contributed by atoms with Gasteiger partial charge in [0.25, 0.3) is 0 Å². The van der Waals surface area contributed by atoms with Crippen LogP contribution in [0.3, 0.4) is 0 Å². The number of thiophene rings is 1. The number of nitrogens with zero attached hydrogens (tertiary/aromatic N) is 2. The van der Waals surface area contributed by atoms with Crippen LogP contribution in [0.25, 0.3) is 0 Å². The van der Waals surface area contributed by atoms with E-state index in [-0.39, 0.29) is 0 Å². The molecule has 0 bridgehead atoms. The third-order valence-electron chi connectivity index (χ3n) is 2.41. The molecule has 2 aromatic heterocycles. The molecule has 4 heteroatoms. The number of nitrogens with one attached hydrogen (secondary N) is 1. The highest BCUT2D eigenvalue weighted by Crippen LogP contribution is 2.04. The van der Waals surface area contributed by atoms with Crippen molar-refractivity contribution in [2.45, 2.75) is 26.4 Å². The van der Waals surface area contributed by atoms with Gasteiger partial charge in [-0.05, 0) is 47.8 Å². The van der Waals surface area contributed by atoms with Gasteiger partial charge in [0, 0.05) is 19.3 Å². The van der Waals surface area contributed by atoms with Gasteiger partial charge in [-0.15, -0.1) is 0 Å². The van der Waals surface area contributed by atoms with E-state index < -0.39 is 0 Å². The number of rotatable bonds is 6. The fourth-order valence-corrected chi connectivity index (χ4v) is 2.25. The molecule has 0 unspecified atom stereocenters. The summed E-state index contributed by atoms with van der Waals surface area (Å²) in [5.41, 5.74) is 2.60. The average Bonchev–Trinajstić information content (AvgIpc) is 2.89. The van der Waals surface area contributed by atoms with Crippen LogP contribution >= 0.6 is 11.3 Å². The summed E-state index contributed by atoms with van der Waals surface area (Å²) in [5.74, 6) is 0. The maximum absolute atomic E-state index is 4.25. The molecule has 0 aliphatic heterocycles. The first-order chi connectivity index (χ1) is 7.84. The van der Waals surface area contributed by atoms with Crippen molar-refractivity contribution in [1.29, 1.82) is 0 Å². The van der Waals surface area contributed by atoms with Gasteiger partial charge in [-0.1, -0.05) is 0 Å². The van der Waals surface area contributed by atoms with E-state index in [0.717, 1.165) is 26.1 Å². The first kappa shape index (κ1) is 11.4. The zero-order valence-electron chi connectivity index (χ0n) is 9.52. The minimum absolute atomic E-state index is 0.974. The van der Waals surface area contributed by atoms with Crippen molar-refractivity contribution < 1.29 is 0 Å². The SMILES string of the molecule is Cc1cnn(CCCNCc2ccsc2)c1. The topological polar surface area (TPSA) is 29.9 Å². The highest BCUT2D eigenvalue weighted by molar-refractivity contribution is 7.07. The third kappa shape index (κ3) is 3.47. The zero-order valence-corrected chi connectivity index (χ0v) is 10.3. The number of hydrogen-bond acceptors (Lipinski definition) is 3. The molecular formula is C12H17N3S. The summed E-state index contributed by atoms with van der Waals surface area (Å²) >= 11 is 1.75. The summed E-state index contributed by atoms with van der Waals surface area (Å²) < 4.78 is 2.00. The Morgan fingerprint density at radius 1 is 1.50 bits per heavy atom. The molecule has 0 saturated heterocycles. The molecule has 2 aromatic rings. The predicted molar refractivity (Wildman–Crippen MR) is 67.6 cm³/mol. The highest BCUT2D eigenvalue weighted by Gasteiger charge is 1.95. The van der Waals surface area contributed by atoms with E-state index in [0.29, 0.717) is 0 Å². The minimum Gasteiger partial charge on any atom is -0.313 e. The van der Waals surface area contributed by atoms with Crippen molar-refractivity contribution in [3.05, 3.63) is 40.3 Å². The summed E-state index contributed by atoms with van der Waals surface area (Å²) in [4.78, 5) is 0. The van der Waals surface area contributed by atoms with Crippen LogP contribution in [0.15, 0.2) is 29.2 Å². The molecule has 2 heterocycles. The molecule has 0 fully saturated rings. The summed E-state index contributed by atoms with van der Waals surface area (Å²) in [6.07, 6.45) is 5.10. The van der Waals surface area contributed by atoms with Crippen LogP contribution in [0.1, 0.15) is 17.5 Å². The molecule has 0 radical (unpaired) electrons. The van der Waals surface area contributed by atoms with Crippen molar-refractivity contribution in [2.24, 2.45) is 0 Å². The fraction of sp³-hybridized carbons (Fsp3) is 0.417. The van der Waals surface area contributed by atoms with Crippen molar-refractivity contribution in [3.8, 4) is 0 Å². The van der Waals surface area contributed by atoms with E-state index in [2.05, 4.69) is 40.4 Å². The predicted octanol–water partition coefficient (Wildman–Crippen LogP) is 2.43. The first-order valence-electron chi connectivity index (χ1n) is 5.55. The van der Waals surface area contributed by atoms with Gasteiger partial charge < -0.3 is 5.32 Å². The molecule has 2 rings (SSSR count). The lowest BCUT2D eigenvalue weighted by Crippen LogP contribution is -2.16. The monoisotopic (exact) mass is 235 g/mol. The van der Waals surface area contributed by atoms with Crippen LogP contribution in [0.5, 0.6) is 0 Å². The molecule has 0 amide bonds. The number of hydrogen-bond donors (Lipinski definition) is 1. The van der Waals surface area contributed by atoms with Gasteiger partial charge in [-0.3, -0.25) is 4.68 Å². The normalized spacial score (nSPS) is 10.8. The zero-order chi connectivity index (χ0) is 11.2. The second-order valence-corrected chi connectivity index (χ2v) is 4.72. The van der Waals surface area contributed by atoms with E-state index >= 15 is 0 Å². The van der Waals surface area contributed by atoms with Crippen molar-refractivity contribution in [1.82, 2.24) is 15.1 Å². The van der Waals surface area contributed by atoms with Gasteiger partial charge in [0.1, 0.15) is 0 Å². The smallest absolute Gasteiger partial charge is 0.0518 e. The van der Waals surface area contributed by atoms with E-state index in [1.54, 1.807) is 11.3 Å². The van der Waals surface area contributed by atoms with Crippen LogP contribution in [0.4, 0.5) is 0 Å². The molecule has 16 heavy (non-hydrogen) atoms. The molecule has 0 aliphatic carbocycles. The van der Waals surface area contributed by atoms with Crippen LogP contribution < -0.4 is 5.32 Å². The first-order valence-corrected chi connectivity index (χ1v) is 6.50. The summed E-state index contributed by atoms with van der Waals surface area (Å²) in [6.45, 7) is 5.07. The third-order valence-corrected chi connectivity index (χ3v) is 3.14. The largest absolute Gasteiger partial charge is 0.313 e. The average molecular weight is 235 g/mol. The molecule has 3 nitrogen and oxygen atoms in total. The van der Waals surface area contributed by atoms with E-state index in [1.807, 2.05) is 10.9 Å². The second kappa shape index (κ2) is 5.82. The molecule has 0 aromatic carbocycles. The van der Waals surface area contributed by atoms with Gasteiger partial charge in [-0.2, -0.15) is 16.4 Å². The summed E-state index contributed by atoms with van der Waals surface area (Å²) in [5, 5.41) is 12.0. The standard InChI is InChI=1S/C12H17N3S/c1-11-7-14-15(9-11)5-2-4-13-8-12-3-6-16-10-12/h3,6-7,9-10,13H,2,4-5,8H2,1H3. The quantitative estimate of drug-likeness (QED) is 0.779. The van der Waals surface area contributed by atoms with Gasteiger partial charge >= 0.3 is 0 Å². The Morgan fingerprint density at radius 2 is 2.44 bits per heavy atom. The maximum Gasteiger partial charge on any atom is 0.0518 e. The maximum atomic E-state index is 4.25. The van der Waals surface area contributed by atoms with Gasteiger partial charge in [-0.25, -0.2) is 0 Å². The molecule has 0 atom stereocenters. The van der Waals surface area contributed by atoms with Crippen molar-refractivity contribution in [3.63, 3.8) is 0 Å². The van der Waals surface area contributed by atoms with Gasteiger partial charge in [0.2, 0.25) is 0 Å². The van der Waals surface area contributed by atoms with E-state index in [1.165, 1.54) is 11.1 Å². The summed E-state index contributed by atoms with van der Waals surface area (Å²) in [6, 6.07) is 2.16. The number of aromatic nitrogens is 2. The molecule has 86 valence electrons. The Kier molecular flexibility index (Phi) is 4.13. The molecule has 1 N–H and O–H groups in total.